The third-order valence-corrected chi connectivity index (χ3v) is 6.84. The molecule has 0 spiro atoms. The molecule has 1 unspecified atom stereocenters. The van der Waals surface area contributed by atoms with Gasteiger partial charge in [-0.15, -0.1) is 0 Å². The Morgan fingerprint density at radius 3 is 1.79 bits per heavy atom. The van der Waals surface area contributed by atoms with Crippen molar-refractivity contribution >= 4 is 0 Å². The molecule has 33 heavy (non-hydrogen) atoms. The summed E-state index contributed by atoms with van der Waals surface area (Å²) < 4.78 is 0. The summed E-state index contributed by atoms with van der Waals surface area (Å²) in [6, 6.07) is 0. The molecule has 0 amide bonds. The predicted octanol–water partition coefficient (Wildman–Crippen LogP) is 6.84. The van der Waals surface area contributed by atoms with Gasteiger partial charge in [-0.3, -0.25) is 0 Å². The number of allylic oxidation sites excluding steroid dienone is 5. The maximum Gasteiger partial charge on any atom is 0.122 e. The van der Waals surface area contributed by atoms with E-state index in [0.29, 0.717) is 42.5 Å². The predicted molar refractivity (Wildman–Crippen MR) is 141 cm³/mol. The lowest BCUT2D eigenvalue weighted by molar-refractivity contribution is 0.0431. The average Bonchev–Trinajstić information content (AvgIpc) is 2.76. The van der Waals surface area contributed by atoms with Gasteiger partial charge in [-0.25, -0.2) is 0 Å². The first-order valence-corrected chi connectivity index (χ1v) is 12.3. The lowest BCUT2D eigenvalue weighted by atomic mass is 9.88. The molecule has 186 valence electrons. The molecule has 0 radical (unpaired) electrons. The second kappa shape index (κ2) is 13.6. The van der Waals surface area contributed by atoms with Crippen molar-refractivity contribution in [2.75, 3.05) is 6.54 Å². The van der Waals surface area contributed by atoms with Crippen molar-refractivity contribution < 1.29 is 15.3 Å². The summed E-state index contributed by atoms with van der Waals surface area (Å²) in [6.07, 6.45) is 13.6. The SMILES string of the molecule is C/C(=C\CC/C(C)=C/CC/C(C)=C/CCC(C)(O)CCc1c(C)c(O)c(C)c(C)c1O)CN. The summed E-state index contributed by atoms with van der Waals surface area (Å²) in [4.78, 5) is 0. The number of aromatic hydroxyl groups is 2. The monoisotopic (exact) mass is 457 g/mol. The lowest BCUT2D eigenvalue weighted by Gasteiger charge is -2.24. The molecule has 1 aromatic rings. The molecule has 0 fully saturated rings. The fourth-order valence-electron chi connectivity index (χ4n) is 4.02. The Hall–Kier alpha value is -2.04. The second-order valence-electron chi connectivity index (χ2n) is 10.0. The smallest absolute Gasteiger partial charge is 0.122 e. The van der Waals surface area contributed by atoms with E-state index >= 15 is 0 Å². The number of phenols is 2. The highest BCUT2D eigenvalue weighted by molar-refractivity contribution is 5.56. The Balaban J connectivity index is 2.51. The topological polar surface area (TPSA) is 86.7 Å². The first-order valence-electron chi connectivity index (χ1n) is 12.3. The number of benzene rings is 1. The molecule has 4 nitrogen and oxygen atoms in total. The van der Waals surface area contributed by atoms with Gasteiger partial charge in [0.25, 0.3) is 0 Å². The Bertz CT molecular complexity index is 846. The van der Waals surface area contributed by atoms with Crippen molar-refractivity contribution in [2.24, 2.45) is 5.73 Å². The molecule has 0 aromatic heterocycles. The minimum atomic E-state index is -0.824. The fraction of sp³-hybridized carbons (Fsp3) is 0.586. The van der Waals surface area contributed by atoms with Crippen molar-refractivity contribution in [3.63, 3.8) is 0 Å². The largest absolute Gasteiger partial charge is 0.507 e. The summed E-state index contributed by atoms with van der Waals surface area (Å²) in [6.45, 7) is 14.4. The molecule has 0 aliphatic rings. The summed E-state index contributed by atoms with van der Waals surface area (Å²) in [5.41, 5.74) is 11.7. The minimum absolute atomic E-state index is 0.239. The number of aliphatic hydroxyl groups is 1. The van der Waals surface area contributed by atoms with Crippen LogP contribution in [0.15, 0.2) is 34.9 Å². The van der Waals surface area contributed by atoms with E-state index in [4.69, 9.17) is 5.73 Å². The van der Waals surface area contributed by atoms with Crippen molar-refractivity contribution in [2.45, 2.75) is 105 Å². The van der Waals surface area contributed by atoms with Crippen molar-refractivity contribution in [3.8, 4) is 11.5 Å². The molecule has 5 N–H and O–H groups in total. The fourth-order valence-corrected chi connectivity index (χ4v) is 4.02. The third-order valence-electron chi connectivity index (χ3n) is 6.84. The van der Waals surface area contributed by atoms with E-state index in [9.17, 15) is 15.3 Å². The van der Waals surface area contributed by atoms with E-state index in [-0.39, 0.29) is 11.5 Å². The van der Waals surface area contributed by atoms with Crippen LogP contribution < -0.4 is 5.73 Å². The van der Waals surface area contributed by atoms with Crippen LogP contribution in [0.1, 0.15) is 94.9 Å². The molecule has 1 aromatic carbocycles. The van der Waals surface area contributed by atoms with Crippen molar-refractivity contribution in [1.82, 2.24) is 0 Å². The van der Waals surface area contributed by atoms with Crippen LogP contribution in [0.2, 0.25) is 0 Å². The standard InChI is InChI=1S/C29H47NO3/c1-20(13-9-14-22(3)19-30)11-8-12-21(2)15-10-17-29(7,33)18-16-26-25(6)27(31)23(4)24(5)28(26)32/h11,14-15,31-33H,8-10,12-13,16-19,30H2,1-7H3/b20-11+,21-15+,22-14+. The molecule has 0 heterocycles. The van der Waals surface area contributed by atoms with E-state index in [1.54, 1.807) is 0 Å². The van der Waals surface area contributed by atoms with Gasteiger partial charge in [-0.2, -0.15) is 0 Å². The van der Waals surface area contributed by atoms with Crippen LogP contribution in [-0.4, -0.2) is 27.5 Å². The summed E-state index contributed by atoms with van der Waals surface area (Å²) in [5.74, 6) is 0.480. The Morgan fingerprint density at radius 1 is 0.758 bits per heavy atom. The maximum absolute atomic E-state index is 10.9. The normalized spacial score (nSPS) is 15.1. The molecular weight excluding hydrogens is 410 g/mol. The molecule has 1 atom stereocenters. The molecule has 0 saturated carbocycles. The number of hydrogen-bond acceptors (Lipinski definition) is 4. The van der Waals surface area contributed by atoms with E-state index < -0.39 is 5.60 Å². The molecule has 0 bridgehead atoms. The van der Waals surface area contributed by atoms with Crippen LogP contribution in [0.25, 0.3) is 0 Å². The van der Waals surface area contributed by atoms with Gasteiger partial charge in [-0.1, -0.05) is 34.9 Å². The summed E-state index contributed by atoms with van der Waals surface area (Å²) in [7, 11) is 0. The van der Waals surface area contributed by atoms with Gasteiger partial charge in [0.15, 0.2) is 0 Å². The highest BCUT2D eigenvalue weighted by Crippen LogP contribution is 2.37. The molecule has 0 aliphatic carbocycles. The first-order chi connectivity index (χ1) is 15.4. The quantitative estimate of drug-likeness (QED) is 0.193. The van der Waals surface area contributed by atoms with Crippen LogP contribution >= 0.6 is 0 Å². The molecule has 4 heteroatoms. The van der Waals surface area contributed by atoms with Gasteiger partial charge in [0.1, 0.15) is 11.5 Å². The zero-order valence-electron chi connectivity index (χ0n) is 22.0. The lowest BCUT2D eigenvalue weighted by Crippen LogP contribution is -2.24. The van der Waals surface area contributed by atoms with Gasteiger partial charge in [0, 0.05) is 12.1 Å². The summed E-state index contributed by atoms with van der Waals surface area (Å²) in [5, 5.41) is 31.7. The van der Waals surface area contributed by atoms with Gasteiger partial charge < -0.3 is 21.1 Å². The Kier molecular flexibility index (Phi) is 12.0. The first kappa shape index (κ1) is 29.0. The van der Waals surface area contributed by atoms with Crippen molar-refractivity contribution in [1.29, 1.82) is 0 Å². The molecule has 0 aliphatic heterocycles. The van der Waals surface area contributed by atoms with E-state index in [1.807, 2.05) is 27.7 Å². The van der Waals surface area contributed by atoms with Crippen LogP contribution in [0.3, 0.4) is 0 Å². The third kappa shape index (κ3) is 9.77. The number of phenolic OH excluding ortho intramolecular Hbond substituents is 2. The van der Waals surface area contributed by atoms with E-state index in [1.165, 1.54) is 16.7 Å². The van der Waals surface area contributed by atoms with E-state index in [2.05, 4.69) is 39.0 Å². The number of hydrogen-bond donors (Lipinski definition) is 4. The van der Waals surface area contributed by atoms with Crippen LogP contribution in [-0.2, 0) is 6.42 Å². The van der Waals surface area contributed by atoms with Gasteiger partial charge >= 0.3 is 0 Å². The highest BCUT2D eigenvalue weighted by Gasteiger charge is 2.23. The van der Waals surface area contributed by atoms with Crippen LogP contribution in [0, 0.1) is 20.8 Å². The Morgan fingerprint density at radius 2 is 1.24 bits per heavy atom. The number of nitrogens with two attached hydrogens (primary N) is 1. The van der Waals surface area contributed by atoms with Gasteiger partial charge in [-0.05, 0) is 117 Å². The van der Waals surface area contributed by atoms with Gasteiger partial charge in [0.2, 0.25) is 0 Å². The number of rotatable bonds is 13. The molecule has 1 rings (SSSR count). The second-order valence-corrected chi connectivity index (χ2v) is 10.0. The Labute approximate surface area is 201 Å². The average molecular weight is 458 g/mol. The highest BCUT2D eigenvalue weighted by atomic mass is 16.3. The van der Waals surface area contributed by atoms with Crippen LogP contribution in [0.4, 0.5) is 0 Å². The van der Waals surface area contributed by atoms with Crippen molar-refractivity contribution in [3.05, 3.63) is 57.2 Å². The van der Waals surface area contributed by atoms with Gasteiger partial charge in [0.05, 0.1) is 5.60 Å². The minimum Gasteiger partial charge on any atom is -0.507 e. The maximum atomic E-state index is 10.9. The zero-order chi connectivity index (χ0) is 25.2. The molecule has 0 saturated heterocycles. The molecular formula is C29H47NO3. The summed E-state index contributed by atoms with van der Waals surface area (Å²) >= 11 is 0. The van der Waals surface area contributed by atoms with E-state index in [0.717, 1.165) is 37.7 Å². The zero-order valence-corrected chi connectivity index (χ0v) is 22.0. The van der Waals surface area contributed by atoms with Crippen LogP contribution in [0.5, 0.6) is 11.5 Å².